The van der Waals surface area contributed by atoms with Crippen LogP contribution >= 0.6 is 15.9 Å². The minimum Gasteiger partial charge on any atom is -0.444 e. The summed E-state index contributed by atoms with van der Waals surface area (Å²) in [4.78, 5) is 29.5. The predicted molar refractivity (Wildman–Crippen MR) is 135 cm³/mol. The molecule has 1 aliphatic heterocycles. The number of amides is 2. The Hall–Kier alpha value is -3.52. The van der Waals surface area contributed by atoms with E-state index in [1.165, 1.54) is 0 Å². The second-order valence-corrected chi connectivity index (χ2v) is 9.82. The zero-order valence-electron chi connectivity index (χ0n) is 19.2. The second kappa shape index (κ2) is 9.77. The Morgan fingerprint density at radius 2 is 1.65 bits per heavy atom. The highest BCUT2D eigenvalue weighted by Gasteiger charge is 2.33. The zero-order valence-corrected chi connectivity index (χ0v) is 20.7. The second-order valence-electron chi connectivity index (χ2n) is 8.91. The minimum atomic E-state index is -0.574. The highest BCUT2D eigenvalue weighted by Crippen LogP contribution is 2.34. The summed E-state index contributed by atoms with van der Waals surface area (Å²) in [6.45, 7) is 5.44. The lowest BCUT2D eigenvalue weighted by Crippen LogP contribution is -2.27. The number of rotatable bonds is 4. The van der Waals surface area contributed by atoms with Gasteiger partial charge in [0.2, 0.25) is 0 Å². The number of carbonyl (C=O) groups excluding carboxylic acids is 2. The molecule has 0 aliphatic carbocycles. The van der Waals surface area contributed by atoms with Gasteiger partial charge in [0.15, 0.2) is 0 Å². The molecule has 4 rings (SSSR count). The molecule has 2 heterocycles. The number of anilines is 1. The first-order valence-corrected chi connectivity index (χ1v) is 11.7. The van der Waals surface area contributed by atoms with Gasteiger partial charge in [0.25, 0.3) is 5.91 Å². The van der Waals surface area contributed by atoms with Crippen molar-refractivity contribution in [2.24, 2.45) is 5.10 Å². The van der Waals surface area contributed by atoms with Gasteiger partial charge in [-0.15, -0.1) is 0 Å². The van der Waals surface area contributed by atoms with Crippen molar-refractivity contribution in [2.75, 3.05) is 5.32 Å². The summed E-state index contributed by atoms with van der Waals surface area (Å²) in [6.07, 6.45) is 3.48. The standard InChI is InChI=1S/C26H25BrN4O3/c1-26(2,3)34-25(33)29-21-10-6-17(7-11-21)22-16-23(18-12-14-28-15-13-18)31(30-22)24(32)19-4-8-20(27)9-5-19/h4-15,23H,16H2,1-3H3,(H,29,33). The van der Waals surface area contributed by atoms with Crippen LogP contribution in [0.2, 0.25) is 0 Å². The van der Waals surface area contributed by atoms with E-state index in [0.717, 1.165) is 21.3 Å². The molecule has 7 nitrogen and oxygen atoms in total. The Morgan fingerprint density at radius 1 is 1.00 bits per heavy atom. The van der Waals surface area contributed by atoms with E-state index in [2.05, 4.69) is 26.2 Å². The number of carbonyl (C=O) groups is 2. The molecule has 2 aromatic carbocycles. The van der Waals surface area contributed by atoms with Crippen molar-refractivity contribution in [1.29, 1.82) is 0 Å². The average Bonchev–Trinajstić information content (AvgIpc) is 3.24. The third-order valence-electron chi connectivity index (χ3n) is 5.16. The zero-order chi connectivity index (χ0) is 24.3. The number of nitrogens with one attached hydrogen (secondary N) is 1. The summed E-state index contributed by atoms with van der Waals surface area (Å²) in [5, 5.41) is 8.98. The fraction of sp³-hybridized carbons (Fsp3) is 0.231. The van der Waals surface area contributed by atoms with Gasteiger partial charge in [-0.25, -0.2) is 9.80 Å². The van der Waals surface area contributed by atoms with E-state index in [0.29, 0.717) is 17.7 Å². The normalized spacial score (nSPS) is 15.6. The molecule has 8 heteroatoms. The molecular weight excluding hydrogens is 496 g/mol. The molecule has 0 fully saturated rings. The molecule has 0 saturated heterocycles. The predicted octanol–water partition coefficient (Wildman–Crippen LogP) is 6.18. The monoisotopic (exact) mass is 520 g/mol. The van der Waals surface area contributed by atoms with Crippen LogP contribution in [0.1, 0.15) is 54.7 Å². The molecule has 0 spiro atoms. The van der Waals surface area contributed by atoms with Gasteiger partial charge in [-0.05, 0) is 80.4 Å². The number of pyridine rings is 1. The third kappa shape index (κ3) is 5.69. The van der Waals surface area contributed by atoms with Crippen molar-refractivity contribution in [3.05, 3.63) is 94.2 Å². The van der Waals surface area contributed by atoms with Crippen LogP contribution in [-0.4, -0.2) is 33.3 Å². The van der Waals surface area contributed by atoms with E-state index in [1.807, 2.05) is 57.2 Å². The van der Waals surface area contributed by atoms with Crippen LogP contribution in [0, 0.1) is 0 Å². The summed E-state index contributed by atoms with van der Waals surface area (Å²) < 4.78 is 6.20. The average molecular weight is 521 g/mol. The van der Waals surface area contributed by atoms with Crippen LogP contribution in [-0.2, 0) is 4.74 Å². The summed E-state index contributed by atoms with van der Waals surface area (Å²) in [6, 6.07) is 18.1. The lowest BCUT2D eigenvalue weighted by atomic mass is 9.98. The number of hydrogen-bond acceptors (Lipinski definition) is 5. The highest BCUT2D eigenvalue weighted by atomic mass is 79.9. The molecule has 34 heavy (non-hydrogen) atoms. The number of benzene rings is 2. The van der Waals surface area contributed by atoms with Crippen LogP contribution < -0.4 is 5.32 Å². The van der Waals surface area contributed by atoms with Gasteiger partial charge < -0.3 is 4.74 Å². The summed E-state index contributed by atoms with van der Waals surface area (Å²) >= 11 is 3.41. The minimum absolute atomic E-state index is 0.174. The van der Waals surface area contributed by atoms with Crippen molar-refractivity contribution in [3.8, 4) is 0 Å². The topological polar surface area (TPSA) is 83.9 Å². The molecule has 1 atom stereocenters. The van der Waals surface area contributed by atoms with E-state index >= 15 is 0 Å². The molecule has 0 radical (unpaired) electrons. The Kier molecular flexibility index (Phi) is 6.79. The Bertz CT molecular complexity index is 1200. The number of hydrogen-bond donors (Lipinski definition) is 1. The van der Waals surface area contributed by atoms with E-state index in [-0.39, 0.29) is 11.9 Å². The van der Waals surface area contributed by atoms with Crippen molar-refractivity contribution >= 4 is 39.3 Å². The SMILES string of the molecule is CC(C)(C)OC(=O)Nc1ccc(C2=NN(C(=O)c3ccc(Br)cc3)C(c3ccncc3)C2)cc1. The molecule has 0 saturated carbocycles. The fourth-order valence-corrected chi connectivity index (χ4v) is 3.87. The summed E-state index contributed by atoms with van der Waals surface area (Å²) in [5.74, 6) is -0.174. The molecule has 174 valence electrons. The van der Waals surface area contributed by atoms with E-state index < -0.39 is 11.7 Å². The van der Waals surface area contributed by atoms with Gasteiger partial charge in [-0.3, -0.25) is 15.1 Å². The van der Waals surface area contributed by atoms with E-state index in [4.69, 9.17) is 9.84 Å². The van der Waals surface area contributed by atoms with Crippen LogP contribution in [0.25, 0.3) is 0 Å². The quantitative estimate of drug-likeness (QED) is 0.444. The van der Waals surface area contributed by atoms with Gasteiger partial charge >= 0.3 is 6.09 Å². The van der Waals surface area contributed by atoms with Crippen LogP contribution in [0.15, 0.2) is 82.6 Å². The van der Waals surface area contributed by atoms with Crippen molar-refractivity contribution in [3.63, 3.8) is 0 Å². The first-order valence-electron chi connectivity index (χ1n) is 10.9. The lowest BCUT2D eigenvalue weighted by Gasteiger charge is -2.22. The maximum absolute atomic E-state index is 13.3. The smallest absolute Gasteiger partial charge is 0.412 e. The van der Waals surface area contributed by atoms with Gasteiger partial charge in [-0.2, -0.15) is 5.10 Å². The number of ether oxygens (including phenoxy) is 1. The number of aromatic nitrogens is 1. The van der Waals surface area contributed by atoms with Gasteiger partial charge in [0, 0.05) is 34.5 Å². The first-order chi connectivity index (χ1) is 16.2. The summed E-state index contributed by atoms with van der Waals surface area (Å²) in [5.41, 5.74) is 3.22. The molecular formula is C26H25BrN4O3. The molecule has 2 amide bonds. The first kappa shape index (κ1) is 23.6. The lowest BCUT2D eigenvalue weighted by molar-refractivity contribution is 0.0635. The maximum atomic E-state index is 13.3. The van der Waals surface area contributed by atoms with E-state index in [1.54, 1.807) is 41.7 Å². The number of halogens is 1. The van der Waals surface area contributed by atoms with Crippen molar-refractivity contribution in [1.82, 2.24) is 9.99 Å². The number of hydrazone groups is 1. The largest absolute Gasteiger partial charge is 0.444 e. The van der Waals surface area contributed by atoms with Gasteiger partial charge in [-0.1, -0.05) is 28.1 Å². The molecule has 1 N–H and O–H groups in total. The van der Waals surface area contributed by atoms with Crippen LogP contribution in [0.3, 0.4) is 0 Å². The maximum Gasteiger partial charge on any atom is 0.412 e. The molecule has 1 aromatic heterocycles. The molecule has 3 aromatic rings. The van der Waals surface area contributed by atoms with Crippen molar-refractivity contribution < 1.29 is 14.3 Å². The van der Waals surface area contributed by atoms with Gasteiger partial charge in [0.05, 0.1) is 11.8 Å². The van der Waals surface area contributed by atoms with Crippen LogP contribution in [0.5, 0.6) is 0 Å². The van der Waals surface area contributed by atoms with E-state index in [9.17, 15) is 9.59 Å². The van der Waals surface area contributed by atoms with Crippen LogP contribution in [0.4, 0.5) is 10.5 Å². The van der Waals surface area contributed by atoms with Crippen molar-refractivity contribution in [2.45, 2.75) is 38.8 Å². The molecule has 0 bridgehead atoms. The molecule has 1 aliphatic rings. The highest BCUT2D eigenvalue weighted by molar-refractivity contribution is 9.10. The Labute approximate surface area is 207 Å². The Balaban J connectivity index is 1.57. The Morgan fingerprint density at radius 3 is 2.26 bits per heavy atom. The molecule has 1 unspecified atom stereocenters. The fourth-order valence-electron chi connectivity index (χ4n) is 3.61. The third-order valence-corrected chi connectivity index (χ3v) is 5.69. The number of nitrogens with zero attached hydrogens (tertiary/aromatic N) is 3. The summed E-state index contributed by atoms with van der Waals surface area (Å²) in [7, 11) is 0. The van der Waals surface area contributed by atoms with Gasteiger partial charge in [0.1, 0.15) is 5.60 Å².